The molecule has 108 valence electrons. The van der Waals surface area contributed by atoms with Gasteiger partial charge in [0.05, 0.1) is 12.8 Å². The van der Waals surface area contributed by atoms with Crippen LogP contribution in [-0.2, 0) is 19.3 Å². The fourth-order valence-electron chi connectivity index (χ4n) is 1.84. The van der Waals surface area contributed by atoms with Crippen LogP contribution in [0, 0.1) is 0 Å². The summed E-state index contributed by atoms with van der Waals surface area (Å²) in [5, 5.41) is 0. The third kappa shape index (κ3) is 3.11. The van der Waals surface area contributed by atoms with Crippen molar-refractivity contribution >= 4 is 5.82 Å². The molecule has 2 aromatic rings. The minimum atomic E-state index is -4.48. The summed E-state index contributed by atoms with van der Waals surface area (Å²) in [6.45, 7) is 0.428. The van der Waals surface area contributed by atoms with Crippen LogP contribution < -0.4 is 10.6 Å². The van der Waals surface area contributed by atoms with Crippen LogP contribution in [0.25, 0.3) is 0 Å². The van der Waals surface area contributed by atoms with Crippen LogP contribution in [0.3, 0.4) is 0 Å². The molecule has 0 bridgehead atoms. The highest BCUT2D eigenvalue weighted by Gasteiger charge is 2.33. The van der Waals surface area contributed by atoms with Crippen molar-refractivity contribution in [3.8, 4) is 0 Å². The summed E-state index contributed by atoms with van der Waals surface area (Å²) in [7, 11) is 1.64. The first-order valence-corrected chi connectivity index (χ1v) is 5.92. The zero-order chi connectivity index (χ0) is 14.8. The number of halogens is 3. The zero-order valence-electron chi connectivity index (χ0n) is 10.8. The van der Waals surface area contributed by atoms with Crippen molar-refractivity contribution in [2.75, 3.05) is 11.9 Å². The summed E-state index contributed by atoms with van der Waals surface area (Å²) in [5.74, 6) is 0.841. The zero-order valence-corrected chi connectivity index (χ0v) is 10.8. The summed E-state index contributed by atoms with van der Waals surface area (Å²) in [6, 6.07) is 5.75. The maximum absolute atomic E-state index is 12.7. The van der Waals surface area contributed by atoms with Crippen molar-refractivity contribution in [2.24, 2.45) is 5.73 Å². The second-order valence-corrected chi connectivity index (χ2v) is 4.32. The Morgan fingerprint density at radius 2 is 2.05 bits per heavy atom. The molecule has 0 fully saturated rings. The Balaban J connectivity index is 2.32. The van der Waals surface area contributed by atoms with Crippen LogP contribution in [0.2, 0.25) is 0 Å². The van der Waals surface area contributed by atoms with E-state index in [1.165, 1.54) is 12.3 Å². The molecule has 0 radical (unpaired) electrons. The minimum absolute atomic E-state index is 0.114. The molecule has 7 heteroatoms. The van der Waals surface area contributed by atoms with Gasteiger partial charge >= 0.3 is 6.18 Å². The molecular formula is C13H14F3N3O. The molecule has 0 atom stereocenters. The molecule has 2 rings (SSSR count). The summed E-state index contributed by atoms with van der Waals surface area (Å²) in [5.41, 5.74) is 5.16. The molecule has 4 nitrogen and oxygen atoms in total. The van der Waals surface area contributed by atoms with Crippen molar-refractivity contribution in [2.45, 2.75) is 19.3 Å². The van der Waals surface area contributed by atoms with Gasteiger partial charge in [0.2, 0.25) is 0 Å². The Labute approximate surface area is 114 Å². The van der Waals surface area contributed by atoms with Crippen LogP contribution in [0.5, 0.6) is 0 Å². The lowest BCUT2D eigenvalue weighted by Crippen LogP contribution is -2.22. The van der Waals surface area contributed by atoms with E-state index in [4.69, 9.17) is 10.2 Å². The molecule has 0 unspecified atom stereocenters. The third-order valence-electron chi connectivity index (χ3n) is 2.80. The van der Waals surface area contributed by atoms with Crippen molar-refractivity contribution in [3.63, 3.8) is 0 Å². The highest BCUT2D eigenvalue weighted by molar-refractivity contribution is 5.47. The molecule has 0 amide bonds. The molecule has 0 spiro atoms. The van der Waals surface area contributed by atoms with Gasteiger partial charge in [-0.15, -0.1) is 0 Å². The average molecular weight is 285 g/mol. The normalized spacial score (nSPS) is 11.7. The quantitative estimate of drug-likeness (QED) is 0.938. The molecule has 0 aliphatic carbocycles. The Hall–Kier alpha value is -2.02. The van der Waals surface area contributed by atoms with Gasteiger partial charge in [0.1, 0.15) is 17.3 Å². The lowest BCUT2D eigenvalue weighted by atomic mass is 10.2. The van der Waals surface area contributed by atoms with E-state index in [2.05, 4.69) is 4.98 Å². The minimum Gasteiger partial charge on any atom is -0.467 e. The average Bonchev–Trinajstić information content (AvgIpc) is 2.89. The van der Waals surface area contributed by atoms with Crippen LogP contribution in [0.15, 0.2) is 34.9 Å². The van der Waals surface area contributed by atoms with Gasteiger partial charge in [0.25, 0.3) is 0 Å². The van der Waals surface area contributed by atoms with E-state index in [0.717, 1.165) is 6.07 Å². The number of hydrogen-bond acceptors (Lipinski definition) is 4. The standard InChI is InChI=1S/C13H14F3N3O/c1-19(8-10-3-2-6-20-10)12-9(7-17)4-5-11(18-12)13(14,15)16/h2-6H,7-8,17H2,1H3. The topological polar surface area (TPSA) is 55.3 Å². The highest BCUT2D eigenvalue weighted by Crippen LogP contribution is 2.30. The molecule has 0 saturated carbocycles. The molecule has 2 aromatic heterocycles. The fourth-order valence-corrected chi connectivity index (χ4v) is 1.84. The molecule has 20 heavy (non-hydrogen) atoms. The van der Waals surface area contributed by atoms with E-state index in [-0.39, 0.29) is 12.4 Å². The van der Waals surface area contributed by atoms with E-state index in [9.17, 15) is 13.2 Å². The third-order valence-corrected chi connectivity index (χ3v) is 2.80. The van der Waals surface area contributed by atoms with Crippen molar-refractivity contribution in [1.82, 2.24) is 4.98 Å². The van der Waals surface area contributed by atoms with Crippen LogP contribution >= 0.6 is 0 Å². The van der Waals surface area contributed by atoms with Gasteiger partial charge in [-0.05, 0) is 18.2 Å². The van der Waals surface area contributed by atoms with E-state index in [1.54, 1.807) is 24.1 Å². The van der Waals surface area contributed by atoms with E-state index >= 15 is 0 Å². The lowest BCUT2D eigenvalue weighted by molar-refractivity contribution is -0.141. The number of alkyl halides is 3. The monoisotopic (exact) mass is 285 g/mol. The van der Waals surface area contributed by atoms with Gasteiger partial charge in [-0.1, -0.05) is 6.07 Å². The van der Waals surface area contributed by atoms with E-state index < -0.39 is 11.9 Å². The molecule has 0 aliphatic rings. The maximum atomic E-state index is 12.7. The molecule has 0 saturated heterocycles. The Morgan fingerprint density at radius 1 is 1.30 bits per heavy atom. The predicted molar refractivity (Wildman–Crippen MR) is 67.9 cm³/mol. The first-order chi connectivity index (χ1) is 9.41. The highest BCUT2D eigenvalue weighted by atomic mass is 19.4. The molecule has 0 aromatic carbocycles. The second kappa shape index (κ2) is 5.54. The first kappa shape index (κ1) is 14.4. The number of anilines is 1. The van der Waals surface area contributed by atoms with Gasteiger partial charge in [0.15, 0.2) is 0 Å². The maximum Gasteiger partial charge on any atom is 0.433 e. The summed E-state index contributed by atoms with van der Waals surface area (Å²) >= 11 is 0. The van der Waals surface area contributed by atoms with Crippen molar-refractivity contribution in [1.29, 1.82) is 0 Å². The van der Waals surface area contributed by atoms with E-state index in [0.29, 0.717) is 17.9 Å². The largest absolute Gasteiger partial charge is 0.467 e. The van der Waals surface area contributed by atoms with Crippen LogP contribution in [0.1, 0.15) is 17.0 Å². The fraction of sp³-hybridized carbons (Fsp3) is 0.308. The number of hydrogen-bond donors (Lipinski definition) is 1. The Kier molecular flexibility index (Phi) is 3.99. The first-order valence-electron chi connectivity index (χ1n) is 5.92. The van der Waals surface area contributed by atoms with Gasteiger partial charge in [-0.2, -0.15) is 13.2 Å². The number of aromatic nitrogens is 1. The predicted octanol–water partition coefficient (Wildman–Crippen LogP) is 2.79. The Bertz CT molecular complexity index is 567. The van der Waals surface area contributed by atoms with Gasteiger partial charge in [-0.3, -0.25) is 0 Å². The Morgan fingerprint density at radius 3 is 2.60 bits per heavy atom. The summed E-state index contributed by atoms with van der Waals surface area (Å²) in [6.07, 6.45) is -2.97. The van der Waals surface area contributed by atoms with E-state index in [1.807, 2.05) is 0 Å². The lowest BCUT2D eigenvalue weighted by Gasteiger charge is -2.21. The molecule has 2 heterocycles. The number of nitrogens with zero attached hydrogens (tertiary/aromatic N) is 2. The van der Waals surface area contributed by atoms with Gasteiger partial charge in [-0.25, -0.2) is 4.98 Å². The smallest absolute Gasteiger partial charge is 0.433 e. The molecular weight excluding hydrogens is 271 g/mol. The van der Waals surface area contributed by atoms with Gasteiger partial charge < -0.3 is 15.1 Å². The van der Waals surface area contributed by atoms with Crippen molar-refractivity contribution < 1.29 is 17.6 Å². The van der Waals surface area contributed by atoms with Crippen LogP contribution in [-0.4, -0.2) is 12.0 Å². The van der Waals surface area contributed by atoms with Crippen LogP contribution in [0.4, 0.5) is 19.0 Å². The van der Waals surface area contributed by atoms with Crippen molar-refractivity contribution in [3.05, 3.63) is 47.5 Å². The second-order valence-electron chi connectivity index (χ2n) is 4.32. The summed E-state index contributed by atoms with van der Waals surface area (Å²) in [4.78, 5) is 5.25. The van der Waals surface area contributed by atoms with Gasteiger partial charge in [0, 0.05) is 19.2 Å². The molecule has 2 N–H and O–H groups in total. The number of furan rings is 1. The number of rotatable bonds is 4. The molecule has 0 aliphatic heterocycles. The SMILES string of the molecule is CN(Cc1ccco1)c1nc(C(F)(F)F)ccc1CN. The summed E-state index contributed by atoms with van der Waals surface area (Å²) < 4.78 is 43.3. The number of pyridine rings is 1. The number of nitrogens with two attached hydrogens (primary N) is 1.